The van der Waals surface area contributed by atoms with E-state index in [9.17, 15) is 9.59 Å². The van der Waals surface area contributed by atoms with Crippen LogP contribution in [0.25, 0.3) is 21.9 Å². The molecule has 1 N–H and O–H groups in total. The predicted molar refractivity (Wildman–Crippen MR) is 115 cm³/mol. The van der Waals surface area contributed by atoms with Crippen LogP contribution in [0.2, 0.25) is 0 Å². The van der Waals surface area contributed by atoms with Gasteiger partial charge in [-0.3, -0.25) is 14.2 Å². The first-order valence-corrected chi connectivity index (χ1v) is 9.99. The number of pyridine rings is 1. The topological polar surface area (TPSA) is 94.7 Å². The molecule has 1 amide bonds. The van der Waals surface area contributed by atoms with Crippen LogP contribution in [0, 0.1) is 0 Å². The third-order valence-corrected chi connectivity index (χ3v) is 5.07. The molecule has 3 heterocycles. The number of hydrogen-bond acceptors (Lipinski definition) is 5. The number of amides is 1. The van der Waals surface area contributed by atoms with Gasteiger partial charge in [0.1, 0.15) is 0 Å². The molecular formula is C20H19BrN6O2. The lowest BCUT2D eigenvalue weighted by Crippen LogP contribution is -2.23. The van der Waals surface area contributed by atoms with Gasteiger partial charge >= 0.3 is 0 Å². The molecule has 4 rings (SSSR count). The SMILES string of the molecule is CC(C)n1ncc2cc(NC(=O)CCn3cnc4ccc(Br)cc4c3=O)cnc21. The molecule has 1 aromatic carbocycles. The normalized spacial score (nSPS) is 11.4. The highest BCUT2D eigenvalue weighted by Gasteiger charge is 2.11. The van der Waals surface area contributed by atoms with Gasteiger partial charge in [0, 0.05) is 28.9 Å². The molecular weight excluding hydrogens is 436 g/mol. The number of hydrogen-bond donors (Lipinski definition) is 1. The molecule has 0 aliphatic heterocycles. The highest BCUT2D eigenvalue weighted by molar-refractivity contribution is 9.10. The molecule has 0 saturated carbocycles. The molecule has 0 radical (unpaired) electrons. The third kappa shape index (κ3) is 3.91. The van der Waals surface area contributed by atoms with Gasteiger partial charge in [0.15, 0.2) is 5.65 Å². The molecule has 0 bridgehead atoms. The Morgan fingerprint density at radius 2 is 2.03 bits per heavy atom. The Labute approximate surface area is 174 Å². The van der Waals surface area contributed by atoms with Crippen LogP contribution in [0.1, 0.15) is 26.3 Å². The Morgan fingerprint density at radius 3 is 2.83 bits per heavy atom. The summed E-state index contributed by atoms with van der Waals surface area (Å²) in [6, 6.07) is 7.40. The summed E-state index contributed by atoms with van der Waals surface area (Å²) in [6.45, 7) is 4.30. The first kappa shape index (κ1) is 19.3. The molecule has 0 saturated heterocycles. The highest BCUT2D eigenvalue weighted by atomic mass is 79.9. The number of nitrogens with zero attached hydrogens (tertiary/aromatic N) is 5. The quantitative estimate of drug-likeness (QED) is 0.497. The van der Waals surface area contributed by atoms with E-state index in [2.05, 4.69) is 36.3 Å². The summed E-state index contributed by atoms with van der Waals surface area (Å²) in [5.74, 6) is -0.205. The van der Waals surface area contributed by atoms with Gasteiger partial charge in [0.2, 0.25) is 5.91 Å². The second-order valence-electron chi connectivity index (χ2n) is 7.02. The van der Waals surface area contributed by atoms with Crippen LogP contribution in [0.15, 0.2) is 52.3 Å². The number of benzene rings is 1. The number of rotatable bonds is 5. The van der Waals surface area contributed by atoms with E-state index in [1.807, 2.05) is 30.7 Å². The molecule has 0 spiro atoms. The van der Waals surface area contributed by atoms with Crippen molar-refractivity contribution >= 4 is 49.5 Å². The summed E-state index contributed by atoms with van der Waals surface area (Å²) >= 11 is 3.36. The van der Waals surface area contributed by atoms with Crippen molar-refractivity contribution in [3.63, 3.8) is 0 Å². The standard InChI is InChI=1S/C20H19BrN6O2/c1-12(2)27-19-13(9-24-27)7-15(10-22-19)25-18(28)5-6-26-11-23-17-4-3-14(21)8-16(17)20(26)29/h3-4,7-12H,5-6H2,1-2H3,(H,25,28). The van der Waals surface area contributed by atoms with Crippen molar-refractivity contribution in [3.05, 3.63) is 57.8 Å². The molecule has 148 valence electrons. The zero-order valence-corrected chi connectivity index (χ0v) is 17.5. The smallest absolute Gasteiger partial charge is 0.261 e. The maximum Gasteiger partial charge on any atom is 0.261 e. The molecule has 0 aliphatic rings. The summed E-state index contributed by atoms with van der Waals surface area (Å²) < 4.78 is 4.09. The Morgan fingerprint density at radius 1 is 1.21 bits per heavy atom. The van der Waals surface area contributed by atoms with Gasteiger partial charge < -0.3 is 5.32 Å². The summed E-state index contributed by atoms with van der Waals surface area (Å²) in [5.41, 5.74) is 1.82. The molecule has 8 nitrogen and oxygen atoms in total. The van der Waals surface area contributed by atoms with E-state index in [1.165, 1.54) is 10.9 Å². The zero-order chi connectivity index (χ0) is 20.5. The first-order chi connectivity index (χ1) is 13.9. The van der Waals surface area contributed by atoms with Crippen molar-refractivity contribution in [2.45, 2.75) is 32.9 Å². The van der Waals surface area contributed by atoms with Crippen molar-refractivity contribution < 1.29 is 4.79 Å². The number of carbonyl (C=O) groups is 1. The molecule has 0 atom stereocenters. The largest absolute Gasteiger partial charge is 0.325 e. The average molecular weight is 455 g/mol. The zero-order valence-electron chi connectivity index (χ0n) is 16.0. The van der Waals surface area contributed by atoms with Crippen molar-refractivity contribution in [1.29, 1.82) is 0 Å². The van der Waals surface area contributed by atoms with E-state index >= 15 is 0 Å². The van der Waals surface area contributed by atoms with Crippen LogP contribution in [-0.2, 0) is 11.3 Å². The van der Waals surface area contributed by atoms with Crippen LogP contribution >= 0.6 is 15.9 Å². The van der Waals surface area contributed by atoms with E-state index < -0.39 is 0 Å². The lowest BCUT2D eigenvalue weighted by atomic mass is 10.2. The van der Waals surface area contributed by atoms with E-state index in [-0.39, 0.29) is 30.5 Å². The van der Waals surface area contributed by atoms with Gasteiger partial charge in [0.05, 0.1) is 35.3 Å². The van der Waals surface area contributed by atoms with E-state index in [1.54, 1.807) is 24.5 Å². The Bertz CT molecular complexity index is 1280. The first-order valence-electron chi connectivity index (χ1n) is 9.20. The molecule has 29 heavy (non-hydrogen) atoms. The lowest BCUT2D eigenvalue weighted by molar-refractivity contribution is -0.116. The molecule has 4 aromatic rings. The average Bonchev–Trinajstić information content (AvgIpc) is 3.11. The minimum absolute atomic E-state index is 0.143. The number of nitrogens with one attached hydrogen (secondary N) is 1. The van der Waals surface area contributed by atoms with E-state index in [0.717, 1.165) is 15.5 Å². The van der Waals surface area contributed by atoms with Crippen LogP contribution in [0.3, 0.4) is 0 Å². The number of fused-ring (bicyclic) bond motifs is 2. The van der Waals surface area contributed by atoms with Gasteiger partial charge in [-0.1, -0.05) is 15.9 Å². The monoisotopic (exact) mass is 454 g/mol. The summed E-state index contributed by atoms with van der Waals surface area (Å²) in [4.78, 5) is 33.7. The van der Waals surface area contributed by atoms with Gasteiger partial charge in [-0.2, -0.15) is 5.10 Å². The maximum atomic E-state index is 12.6. The Balaban J connectivity index is 1.46. The van der Waals surface area contributed by atoms with Gasteiger partial charge in [-0.05, 0) is 38.1 Å². The summed E-state index contributed by atoms with van der Waals surface area (Å²) in [7, 11) is 0. The predicted octanol–water partition coefficient (Wildman–Crippen LogP) is 3.51. The molecule has 9 heteroatoms. The molecule has 0 fully saturated rings. The Kier molecular flexibility index (Phi) is 5.14. The van der Waals surface area contributed by atoms with Gasteiger partial charge in [-0.15, -0.1) is 0 Å². The second-order valence-corrected chi connectivity index (χ2v) is 7.94. The fourth-order valence-corrected chi connectivity index (χ4v) is 3.48. The van der Waals surface area contributed by atoms with Crippen molar-refractivity contribution in [2.24, 2.45) is 0 Å². The molecule has 0 aliphatic carbocycles. The van der Waals surface area contributed by atoms with Crippen molar-refractivity contribution in [2.75, 3.05) is 5.32 Å². The molecule has 0 unspecified atom stereocenters. The van der Waals surface area contributed by atoms with Crippen molar-refractivity contribution in [3.8, 4) is 0 Å². The van der Waals surface area contributed by atoms with Gasteiger partial charge in [-0.25, -0.2) is 14.6 Å². The Hall–Kier alpha value is -3.07. The van der Waals surface area contributed by atoms with E-state index in [0.29, 0.717) is 16.6 Å². The van der Waals surface area contributed by atoms with Crippen molar-refractivity contribution in [1.82, 2.24) is 24.3 Å². The fourth-order valence-electron chi connectivity index (χ4n) is 3.12. The number of anilines is 1. The van der Waals surface area contributed by atoms with Crippen LogP contribution in [0.4, 0.5) is 5.69 Å². The third-order valence-electron chi connectivity index (χ3n) is 4.57. The summed E-state index contributed by atoms with van der Waals surface area (Å²) in [6.07, 6.45) is 4.96. The van der Waals surface area contributed by atoms with Gasteiger partial charge in [0.25, 0.3) is 5.56 Å². The van der Waals surface area contributed by atoms with E-state index in [4.69, 9.17) is 0 Å². The fraction of sp³-hybridized carbons (Fsp3) is 0.250. The summed E-state index contributed by atoms with van der Waals surface area (Å²) in [5, 5.41) is 8.52. The number of aryl methyl sites for hydroxylation is 1. The minimum atomic E-state index is -0.205. The maximum absolute atomic E-state index is 12.6. The second kappa shape index (κ2) is 7.75. The number of halogens is 1. The number of carbonyl (C=O) groups excluding carboxylic acids is 1. The minimum Gasteiger partial charge on any atom is -0.325 e. The molecule has 3 aromatic heterocycles. The lowest BCUT2D eigenvalue weighted by Gasteiger charge is -2.09. The number of aromatic nitrogens is 5. The van der Waals surface area contributed by atoms with Crippen LogP contribution < -0.4 is 10.9 Å². The highest BCUT2D eigenvalue weighted by Crippen LogP contribution is 2.19. The van der Waals surface area contributed by atoms with Crippen LogP contribution in [-0.4, -0.2) is 30.2 Å². The van der Waals surface area contributed by atoms with Crippen LogP contribution in [0.5, 0.6) is 0 Å².